The van der Waals surface area contributed by atoms with E-state index < -0.39 is 36.2 Å². The van der Waals surface area contributed by atoms with Gasteiger partial charge in [0.05, 0.1) is 6.61 Å². The van der Waals surface area contributed by atoms with Crippen LogP contribution in [-0.4, -0.2) is 54.0 Å². The largest absolute Gasteiger partial charge is 0.387 e. The van der Waals surface area contributed by atoms with E-state index in [1.54, 1.807) is 13.8 Å². The van der Waals surface area contributed by atoms with Gasteiger partial charge in [0.25, 0.3) is 0 Å². The second kappa shape index (κ2) is 3.88. The minimum Gasteiger partial charge on any atom is -0.387 e. The fourth-order valence-electron chi connectivity index (χ4n) is 2.67. The third kappa shape index (κ3) is 2.07. The number of aliphatic hydroxyl groups excluding tert-OH is 1. The van der Waals surface area contributed by atoms with E-state index in [1.807, 2.05) is 13.8 Å². The first-order valence-corrected chi connectivity index (χ1v) is 6.28. The van der Waals surface area contributed by atoms with Crippen molar-refractivity contribution in [2.75, 3.05) is 6.61 Å². The van der Waals surface area contributed by atoms with Gasteiger partial charge in [-0.15, -0.1) is 0 Å². The van der Waals surface area contributed by atoms with Gasteiger partial charge < -0.3 is 28.8 Å². The van der Waals surface area contributed by atoms with Gasteiger partial charge in [-0.05, 0) is 27.7 Å². The van der Waals surface area contributed by atoms with Crippen LogP contribution in [0.3, 0.4) is 0 Å². The van der Waals surface area contributed by atoms with Gasteiger partial charge in [0.15, 0.2) is 17.9 Å². The van der Waals surface area contributed by atoms with E-state index in [2.05, 4.69) is 0 Å². The van der Waals surface area contributed by atoms with E-state index in [1.165, 1.54) is 0 Å². The standard InChI is InChI=1S/C12H20O6/c1-11(2)14-5-6-8(16-11)7(13)9-10(15-6)18-12(3,4)17-9/h6-10,13H,5H2,1-4H3/t6-,7+,8+,9-,10?/m1/s1. The fourth-order valence-corrected chi connectivity index (χ4v) is 2.67. The predicted molar refractivity (Wildman–Crippen MR) is 59.6 cm³/mol. The van der Waals surface area contributed by atoms with Crippen molar-refractivity contribution in [1.82, 2.24) is 0 Å². The molecule has 3 heterocycles. The summed E-state index contributed by atoms with van der Waals surface area (Å²) in [7, 11) is 0. The van der Waals surface area contributed by atoms with Crippen LogP contribution in [0.15, 0.2) is 0 Å². The van der Waals surface area contributed by atoms with Crippen molar-refractivity contribution < 1.29 is 28.8 Å². The van der Waals surface area contributed by atoms with Crippen LogP contribution in [0.2, 0.25) is 0 Å². The molecule has 6 nitrogen and oxygen atoms in total. The maximum absolute atomic E-state index is 10.4. The molecule has 3 rings (SSSR count). The second-order valence-corrected chi connectivity index (χ2v) is 5.93. The van der Waals surface area contributed by atoms with Crippen LogP contribution in [-0.2, 0) is 23.7 Å². The molecular weight excluding hydrogens is 240 g/mol. The summed E-state index contributed by atoms with van der Waals surface area (Å²) in [5.41, 5.74) is 0. The van der Waals surface area contributed by atoms with Gasteiger partial charge >= 0.3 is 0 Å². The van der Waals surface area contributed by atoms with Gasteiger partial charge in [-0.2, -0.15) is 0 Å². The first-order chi connectivity index (χ1) is 8.27. The molecular formula is C12H20O6. The lowest BCUT2D eigenvalue weighted by atomic mass is 9.97. The van der Waals surface area contributed by atoms with E-state index >= 15 is 0 Å². The Morgan fingerprint density at radius 1 is 0.944 bits per heavy atom. The molecule has 1 unspecified atom stereocenters. The summed E-state index contributed by atoms with van der Waals surface area (Å²) in [4.78, 5) is 0. The van der Waals surface area contributed by atoms with Crippen molar-refractivity contribution in [3.05, 3.63) is 0 Å². The average Bonchev–Trinajstić information content (AvgIpc) is 2.54. The highest BCUT2D eigenvalue weighted by atomic mass is 16.8. The Labute approximate surface area is 106 Å². The zero-order chi connectivity index (χ0) is 13.1. The first-order valence-electron chi connectivity index (χ1n) is 6.28. The summed E-state index contributed by atoms with van der Waals surface area (Å²) < 4.78 is 28.3. The molecule has 5 atom stereocenters. The highest BCUT2D eigenvalue weighted by molar-refractivity contribution is 4.97. The summed E-state index contributed by atoms with van der Waals surface area (Å²) in [6.07, 6.45) is -2.64. The number of ether oxygens (including phenoxy) is 5. The maximum Gasteiger partial charge on any atom is 0.190 e. The van der Waals surface area contributed by atoms with E-state index in [0.717, 1.165) is 0 Å². The molecule has 0 radical (unpaired) electrons. The predicted octanol–water partition coefficient (Wildman–Crippen LogP) is 0.375. The Bertz CT molecular complexity index is 339. The van der Waals surface area contributed by atoms with Crippen LogP contribution >= 0.6 is 0 Å². The van der Waals surface area contributed by atoms with Crippen molar-refractivity contribution in [1.29, 1.82) is 0 Å². The minimum absolute atomic E-state index is 0.327. The lowest BCUT2D eigenvalue weighted by Crippen LogP contribution is -2.63. The summed E-state index contributed by atoms with van der Waals surface area (Å²) in [5.74, 6) is -1.46. The molecule has 0 bridgehead atoms. The van der Waals surface area contributed by atoms with Crippen molar-refractivity contribution >= 4 is 0 Å². The SMILES string of the molecule is CC1(C)OC[C@H]2OC3OC(C)(C)O[C@@H]3[C@@H](O)[C@H]2O1. The Morgan fingerprint density at radius 2 is 1.61 bits per heavy atom. The summed E-state index contributed by atoms with van der Waals surface area (Å²) >= 11 is 0. The summed E-state index contributed by atoms with van der Waals surface area (Å²) in [6, 6.07) is 0. The lowest BCUT2D eigenvalue weighted by Gasteiger charge is -2.47. The number of rotatable bonds is 0. The Hall–Kier alpha value is -0.240. The quantitative estimate of drug-likeness (QED) is 0.679. The summed E-state index contributed by atoms with van der Waals surface area (Å²) in [5, 5.41) is 10.4. The highest BCUT2D eigenvalue weighted by Crippen LogP contribution is 2.40. The molecule has 3 aliphatic rings. The first kappa shape index (κ1) is 12.8. The molecule has 3 aliphatic heterocycles. The third-order valence-electron chi connectivity index (χ3n) is 3.45. The topological polar surface area (TPSA) is 66.4 Å². The molecule has 0 aliphatic carbocycles. The van der Waals surface area contributed by atoms with Gasteiger partial charge in [0.1, 0.15) is 24.4 Å². The van der Waals surface area contributed by atoms with Gasteiger partial charge in [-0.25, -0.2) is 0 Å². The van der Waals surface area contributed by atoms with Crippen LogP contribution in [0.1, 0.15) is 27.7 Å². The average molecular weight is 260 g/mol. The number of hydrogen-bond donors (Lipinski definition) is 1. The zero-order valence-corrected chi connectivity index (χ0v) is 11.1. The second-order valence-electron chi connectivity index (χ2n) is 5.93. The van der Waals surface area contributed by atoms with E-state index in [0.29, 0.717) is 6.61 Å². The van der Waals surface area contributed by atoms with Crippen LogP contribution in [0.25, 0.3) is 0 Å². The Balaban J connectivity index is 1.80. The number of aliphatic hydroxyl groups is 1. The highest BCUT2D eigenvalue weighted by Gasteiger charge is 2.57. The number of fused-ring (bicyclic) bond motifs is 2. The molecule has 6 heteroatoms. The molecule has 0 amide bonds. The molecule has 1 N–H and O–H groups in total. The van der Waals surface area contributed by atoms with Crippen molar-refractivity contribution in [3.63, 3.8) is 0 Å². The van der Waals surface area contributed by atoms with Crippen molar-refractivity contribution in [2.24, 2.45) is 0 Å². The zero-order valence-electron chi connectivity index (χ0n) is 11.1. The monoisotopic (exact) mass is 260 g/mol. The molecule has 104 valence electrons. The molecule has 3 saturated heterocycles. The Kier molecular flexibility index (Phi) is 2.75. The molecule has 0 aromatic heterocycles. The van der Waals surface area contributed by atoms with Gasteiger partial charge in [-0.1, -0.05) is 0 Å². The molecule has 0 saturated carbocycles. The third-order valence-corrected chi connectivity index (χ3v) is 3.45. The minimum atomic E-state index is -0.779. The van der Waals surface area contributed by atoms with E-state index in [9.17, 15) is 5.11 Å². The van der Waals surface area contributed by atoms with Gasteiger partial charge in [0, 0.05) is 0 Å². The lowest BCUT2D eigenvalue weighted by molar-refractivity contribution is -0.365. The van der Waals surface area contributed by atoms with Gasteiger partial charge in [0.2, 0.25) is 0 Å². The van der Waals surface area contributed by atoms with Crippen LogP contribution in [0.4, 0.5) is 0 Å². The molecule has 0 aromatic rings. The van der Waals surface area contributed by atoms with E-state index in [4.69, 9.17) is 23.7 Å². The molecule has 3 fully saturated rings. The van der Waals surface area contributed by atoms with Crippen LogP contribution < -0.4 is 0 Å². The maximum atomic E-state index is 10.4. The van der Waals surface area contributed by atoms with Crippen molar-refractivity contribution in [2.45, 2.75) is 70.0 Å². The Morgan fingerprint density at radius 3 is 2.33 bits per heavy atom. The van der Waals surface area contributed by atoms with E-state index in [-0.39, 0.29) is 6.10 Å². The number of hydrogen-bond acceptors (Lipinski definition) is 6. The van der Waals surface area contributed by atoms with Crippen LogP contribution in [0, 0.1) is 0 Å². The van der Waals surface area contributed by atoms with Crippen LogP contribution in [0.5, 0.6) is 0 Å². The molecule has 0 spiro atoms. The van der Waals surface area contributed by atoms with Crippen molar-refractivity contribution in [3.8, 4) is 0 Å². The molecule has 0 aromatic carbocycles. The fraction of sp³-hybridized carbons (Fsp3) is 1.00. The van der Waals surface area contributed by atoms with Gasteiger partial charge in [-0.3, -0.25) is 0 Å². The summed E-state index contributed by atoms with van der Waals surface area (Å²) in [6.45, 7) is 7.61. The molecule has 18 heavy (non-hydrogen) atoms. The normalized spacial score (nSPS) is 49.5. The smallest absolute Gasteiger partial charge is 0.190 e.